The third-order valence-corrected chi connectivity index (χ3v) is 2.41. The second-order valence-electron chi connectivity index (χ2n) is 4.09. The van der Waals surface area contributed by atoms with E-state index in [0.29, 0.717) is 12.2 Å². The molecule has 0 aliphatic rings. The molecule has 5 nitrogen and oxygen atoms in total. The number of halogens is 3. The highest BCUT2D eigenvalue weighted by Gasteiger charge is 2.28. The van der Waals surface area contributed by atoms with Crippen molar-refractivity contribution in [1.29, 1.82) is 0 Å². The van der Waals surface area contributed by atoms with E-state index in [1.165, 1.54) is 19.5 Å². The number of methoxy groups -OCH3 is 1. The summed E-state index contributed by atoms with van der Waals surface area (Å²) < 4.78 is 46.1. The highest BCUT2D eigenvalue weighted by Crippen LogP contribution is 2.21. The maximum Gasteiger partial charge on any atom is 0.411 e. The van der Waals surface area contributed by atoms with Crippen LogP contribution in [0.15, 0.2) is 12.4 Å². The van der Waals surface area contributed by atoms with E-state index in [1.54, 1.807) is 0 Å². The first kappa shape index (κ1) is 16.6. The zero-order valence-corrected chi connectivity index (χ0v) is 11.4. The van der Waals surface area contributed by atoms with Crippen LogP contribution < -0.4 is 10.1 Å². The normalized spacial score (nSPS) is 13.2. The van der Waals surface area contributed by atoms with Crippen molar-refractivity contribution in [3.8, 4) is 5.88 Å². The Kier molecular flexibility index (Phi) is 6.66. The minimum absolute atomic E-state index is 0.158. The van der Waals surface area contributed by atoms with Crippen LogP contribution >= 0.6 is 0 Å². The molecule has 1 rings (SSSR count). The predicted molar refractivity (Wildman–Crippen MR) is 66.5 cm³/mol. The number of aromatic nitrogens is 2. The molecule has 1 aromatic rings. The molecular formula is C12H18F3N3O2. The predicted octanol–water partition coefficient (Wildman–Crippen LogP) is 2.10. The van der Waals surface area contributed by atoms with Crippen LogP contribution in [-0.2, 0) is 4.74 Å². The van der Waals surface area contributed by atoms with Crippen molar-refractivity contribution in [2.45, 2.75) is 25.6 Å². The molecule has 1 atom stereocenters. The molecule has 0 bridgehead atoms. The zero-order chi connectivity index (χ0) is 15.0. The third-order valence-electron chi connectivity index (χ3n) is 2.41. The summed E-state index contributed by atoms with van der Waals surface area (Å²) in [6.07, 6.45) is -0.599. The van der Waals surface area contributed by atoms with E-state index in [-0.39, 0.29) is 12.5 Å². The first-order chi connectivity index (χ1) is 9.48. The van der Waals surface area contributed by atoms with Gasteiger partial charge < -0.3 is 14.8 Å². The largest absolute Gasteiger partial charge is 0.480 e. The van der Waals surface area contributed by atoms with Gasteiger partial charge in [0.2, 0.25) is 5.88 Å². The summed E-state index contributed by atoms with van der Waals surface area (Å²) in [5.74, 6) is 0.275. The average molecular weight is 293 g/mol. The second kappa shape index (κ2) is 8.01. The maximum atomic E-state index is 12.1. The Morgan fingerprint density at radius 2 is 2.00 bits per heavy atom. The van der Waals surface area contributed by atoms with Gasteiger partial charge in [0, 0.05) is 12.4 Å². The molecule has 0 saturated carbocycles. The Balaban J connectivity index is 2.72. The van der Waals surface area contributed by atoms with Gasteiger partial charge in [0.25, 0.3) is 0 Å². The Bertz CT molecular complexity index is 402. The van der Waals surface area contributed by atoms with Gasteiger partial charge in [-0.25, -0.2) is 4.98 Å². The van der Waals surface area contributed by atoms with Gasteiger partial charge in [0.1, 0.15) is 12.3 Å². The van der Waals surface area contributed by atoms with Gasteiger partial charge in [-0.05, 0) is 13.0 Å². The molecule has 1 aromatic heterocycles. The van der Waals surface area contributed by atoms with E-state index in [1.807, 2.05) is 6.92 Å². The number of nitrogens with zero attached hydrogens (tertiary/aromatic N) is 2. The fourth-order valence-corrected chi connectivity index (χ4v) is 1.58. The van der Waals surface area contributed by atoms with Crippen molar-refractivity contribution in [1.82, 2.24) is 15.3 Å². The highest BCUT2D eigenvalue weighted by atomic mass is 19.4. The first-order valence-electron chi connectivity index (χ1n) is 6.20. The summed E-state index contributed by atoms with van der Waals surface area (Å²) in [5.41, 5.74) is 0.436. The van der Waals surface area contributed by atoms with E-state index < -0.39 is 18.8 Å². The summed E-state index contributed by atoms with van der Waals surface area (Å²) in [6.45, 7) is 1.13. The number of ether oxygens (including phenoxy) is 2. The lowest BCUT2D eigenvalue weighted by Gasteiger charge is -2.19. The van der Waals surface area contributed by atoms with Crippen molar-refractivity contribution in [3.63, 3.8) is 0 Å². The van der Waals surface area contributed by atoms with Gasteiger partial charge in [0.15, 0.2) is 0 Å². The zero-order valence-electron chi connectivity index (χ0n) is 11.4. The molecule has 0 aliphatic carbocycles. The summed E-state index contributed by atoms with van der Waals surface area (Å²) in [4.78, 5) is 8.09. The fraction of sp³-hybridized carbons (Fsp3) is 0.667. The van der Waals surface area contributed by atoms with Gasteiger partial charge in [-0.2, -0.15) is 13.2 Å². The third kappa shape index (κ3) is 5.70. The summed E-state index contributed by atoms with van der Waals surface area (Å²) >= 11 is 0. The second-order valence-corrected chi connectivity index (χ2v) is 4.09. The van der Waals surface area contributed by atoms with Crippen LogP contribution in [-0.4, -0.2) is 43.0 Å². The lowest BCUT2D eigenvalue weighted by atomic mass is 10.2. The molecule has 8 heteroatoms. The number of hydrogen-bond donors (Lipinski definition) is 1. The van der Waals surface area contributed by atoms with Gasteiger partial charge >= 0.3 is 6.18 Å². The Morgan fingerprint density at radius 3 is 2.60 bits per heavy atom. The lowest BCUT2D eigenvalue weighted by Crippen LogP contribution is -2.29. The number of hydrogen-bond acceptors (Lipinski definition) is 5. The summed E-state index contributed by atoms with van der Waals surface area (Å²) in [5, 5.41) is 3.07. The molecule has 1 heterocycles. The fourth-order valence-electron chi connectivity index (χ4n) is 1.58. The van der Waals surface area contributed by atoms with Gasteiger partial charge in [-0.1, -0.05) is 6.92 Å². The monoisotopic (exact) mass is 293 g/mol. The Hall–Kier alpha value is -1.41. The van der Waals surface area contributed by atoms with Crippen LogP contribution in [0.5, 0.6) is 5.88 Å². The van der Waals surface area contributed by atoms with Crippen molar-refractivity contribution >= 4 is 0 Å². The van der Waals surface area contributed by atoms with E-state index in [0.717, 1.165) is 6.42 Å². The summed E-state index contributed by atoms with van der Waals surface area (Å²) in [7, 11) is 1.43. The van der Waals surface area contributed by atoms with E-state index in [2.05, 4.69) is 15.3 Å². The van der Waals surface area contributed by atoms with Gasteiger partial charge in [0.05, 0.1) is 19.8 Å². The Labute approximate surface area is 115 Å². The van der Waals surface area contributed by atoms with Crippen molar-refractivity contribution in [2.75, 3.05) is 26.9 Å². The lowest BCUT2D eigenvalue weighted by molar-refractivity contribution is -0.175. The molecule has 0 radical (unpaired) electrons. The minimum Gasteiger partial charge on any atom is -0.480 e. The number of nitrogens with one attached hydrogen (secondary N) is 1. The number of rotatable bonds is 8. The van der Waals surface area contributed by atoms with E-state index >= 15 is 0 Å². The molecular weight excluding hydrogens is 275 g/mol. The topological polar surface area (TPSA) is 56.3 Å². The van der Waals surface area contributed by atoms with E-state index in [9.17, 15) is 13.2 Å². The van der Waals surface area contributed by atoms with Crippen LogP contribution in [0.3, 0.4) is 0 Å². The van der Waals surface area contributed by atoms with Crippen LogP contribution in [0.4, 0.5) is 13.2 Å². The molecule has 1 N–H and O–H groups in total. The van der Waals surface area contributed by atoms with Crippen molar-refractivity contribution < 1.29 is 22.6 Å². The Morgan fingerprint density at radius 1 is 1.30 bits per heavy atom. The van der Waals surface area contributed by atoms with Crippen molar-refractivity contribution in [3.05, 3.63) is 18.1 Å². The first-order valence-corrected chi connectivity index (χ1v) is 6.20. The molecule has 0 fully saturated rings. The van der Waals surface area contributed by atoms with Gasteiger partial charge in [-0.3, -0.25) is 4.98 Å². The summed E-state index contributed by atoms with van der Waals surface area (Å²) in [6, 6.07) is -0.499. The molecule has 0 spiro atoms. The van der Waals surface area contributed by atoms with E-state index in [4.69, 9.17) is 9.47 Å². The highest BCUT2D eigenvalue weighted by molar-refractivity contribution is 5.21. The standard InChI is InChI=1S/C12H18F3N3O2/c1-3-4-16-9(7-20-8-12(13,14)15)10-11(19-2)18-6-5-17-10/h5-6,9,16H,3-4,7-8H2,1-2H3. The maximum absolute atomic E-state index is 12.1. The van der Waals surface area contributed by atoms with Crippen LogP contribution in [0.2, 0.25) is 0 Å². The molecule has 0 amide bonds. The molecule has 114 valence electrons. The SMILES string of the molecule is CCCNC(COCC(F)(F)F)c1nccnc1OC. The molecule has 0 aliphatic heterocycles. The number of alkyl halides is 3. The average Bonchev–Trinajstić information content (AvgIpc) is 2.41. The molecule has 0 aromatic carbocycles. The van der Waals surface area contributed by atoms with Crippen LogP contribution in [0.1, 0.15) is 25.1 Å². The molecule has 20 heavy (non-hydrogen) atoms. The smallest absolute Gasteiger partial charge is 0.411 e. The van der Waals surface area contributed by atoms with Crippen LogP contribution in [0.25, 0.3) is 0 Å². The van der Waals surface area contributed by atoms with Crippen LogP contribution in [0, 0.1) is 0 Å². The molecule has 0 saturated heterocycles. The van der Waals surface area contributed by atoms with Crippen molar-refractivity contribution in [2.24, 2.45) is 0 Å². The molecule has 1 unspecified atom stereocenters. The van der Waals surface area contributed by atoms with Gasteiger partial charge in [-0.15, -0.1) is 0 Å². The minimum atomic E-state index is -4.35. The quantitative estimate of drug-likeness (QED) is 0.795.